The van der Waals surface area contributed by atoms with Gasteiger partial charge in [-0.05, 0) is 37.8 Å². The van der Waals surface area contributed by atoms with Crippen molar-refractivity contribution in [1.82, 2.24) is 16.0 Å². The molecule has 0 spiro atoms. The molecule has 1 aromatic rings. The molecule has 1 aromatic carbocycles. The van der Waals surface area contributed by atoms with Gasteiger partial charge in [0.2, 0.25) is 5.91 Å². The van der Waals surface area contributed by atoms with Gasteiger partial charge in [-0.2, -0.15) is 0 Å². The third-order valence-electron chi connectivity index (χ3n) is 4.39. The van der Waals surface area contributed by atoms with E-state index in [1.54, 1.807) is 6.07 Å². The maximum absolute atomic E-state index is 13.8. The van der Waals surface area contributed by atoms with Gasteiger partial charge in [-0.3, -0.25) is 9.79 Å². The first-order chi connectivity index (χ1) is 11.7. The van der Waals surface area contributed by atoms with Gasteiger partial charge in [0.25, 0.3) is 0 Å². The summed E-state index contributed by atoms with van der Waals surface area (Å²) in [6, 6.07) is 7.15. The zero-order valence-electron chi connectivity index (χ0n) is 14.4. The van der Waals surface area contributed by atoms with Crippen LogP contribution in [0.2, 0.25) is 0 Å². The lowest BCUT2D eigenvalue weighted by Crippen LogP contribution is -2.39. The third-order valence-corrected chi connectivity index (χ3v) is 4.39. The average Bonchev–Trinajstić information content (AvgIpc) is 3.46. The van der Waals surface area contributed by atoms with E-state index in [0.29, 0.717) is 13.1 Å². The van der Waals surface area contributed by atoms with Crippen LogP contribution >= 0.6 is 24.0 Å². The fourth-order valence-corrected chi connectivity index (χ4v) is 2.81. The smallest absolute Gasteiger partial charge is 0.223 e. The van der Waals surface area contributed by atoms with Gasteiger partial charge < -0.3 is 16.0 Å². The summed E-state index contributed by atoms with van der Waals surface area (Å²) in [6.07, 6.45) is 2.93. The number of rotatable bonds is 7. The Hall–Kier alpha value is -1.38. The first kappa shape index (κ1) is 19.9. The van der Waals surface area contributed by atoms with Crippen molar-refractivity contribution in [1.29, 1.82) is 0 Å². The Bertz CT molecular complexity index is 621. The lowest BCUT2D eigenvalue weighted by atomic mass is 10.1. The fourth-order valence-electron chi connectivity index (χ4n) is 2.81. The predicted octanol–water partition coefficient (Wildman–Crippen LogP) is 2.38. The predicted molar refractivity (Wildman–Crippen MR) is 108 cm³/mol. The quantitative estimate of drug-likeness (QED) is 0.254. The molecule has 2 saturated carbocycles. The van der Waals surface area contributed by atoms with Crippen molar-refractivity contribution in [2.75, 3.05) is 19.6 Å². The topological polar surface area (TPSA) is 65.5 Å². The van der Waals surface area contributed by atoms with Crippen molar-refractivity contribution >= 4 is 35.8 Å². The molecule has 0 saturated heterocycles. The Morgan fingerprint density at radius 2 is 2.04 bits per heavy atom. The van der Waals surface area contributed by atoms with Crippen LogP contribution in [0, 0.1) is 11.7 Å². The number of halogens is 2. The molecule has 7 heteroatoms. The highest BCUT2D eigenvalue weighted by atomic mass is 127. The maximum Gasteiger partial charge on any atom is 0.223 e. The highest BCUT2D eigenvalue weighted by Gasteiger charge is 2.40. The summed E-state index contributed by atoms with van der Waals surface area (Å²) >= 11 is 0. The number of nitrogens with one attached hydrogen (secondary N) is 3. The standard InChI is InChI=1S/C18H25FN4O.HI/c1-2-20-18(22-10-9-21-17(24)12-7-8-12)23-16-11-14(16)13-5-3-4-6-15(13)19;/h3-6,12,14,16H,2,7-11H2,1H3,(H,21,24)(H2,20,22,23);1H. The minimum absolute atomic E-state index is 0. The first-order valence-electron chi connectivity index (χ1n) is 8.76. The largest absolute Gasteiger partial charge is 0.357 e. The van der Waals surface area contributed by atoms with Crippen LogP contribution in [-0.4, -0.2) is 37.5 Å². The molecule has 2 unspecified atom stereocenters. The molecule has 0 aliphatic heterocycles. The van der Waals surface area contributed by atoms with Crippen molar-refractivity contribution in [3.63, 3.8) is 0 Å². The minimum Gasteiger partial charge on any atom is -0.357 e. The maximum atomic E-state index is 13.8. The van der Waals surface area contributed by atoms with Crippen LogP contribution in [-0.2, 0) is 4.79 Å². The van der Waals surface area contributed by atoms with Gasteiger partial charge in [-0.1, -0.05) is 18.2 Å². The zero-order valence-corrected chi connectivity index (χ0v) is 16.8. The summed E-state index contributed by atoms with van der Waals surface area (Å²) in [5.41, 5.74) is 0.766. The molecule has 138 valence electrons. The van der Waals surface area contributed by atoms with Crippen molar-refractivity contribution in [3.8, 4) is 0 Å². The average molecular weight is 460 g/mol. The molecule has 3 rings (SSSR count). The number of hydrogen-bond acceptors (Lipinski definition) is 2. The lowest BCUT2D eigenvalue weighted by molar-refractivity contribution is -0.122. The number of carbonyl (C=O) groups excluding carboxylic acids is 1. The zero-order chi connectivity index (χ0) is 16.9. The van der Waals surface area contributed by atoms with Crippen molar-refractivity contribution in [2.24, 2.45) is 10.9 Å². The molecule has 0 bridgehead atoms. The van der Waals surface area contributed by atoms with Gasteiger partial charge in [0.05, 0.1) is 6.54 Å². The van der Waals surface area contributed by atoms with Gasteiger partial charge >= 0.3 is 0 Å². The van der Waals surface area contributed by atoms with Crippen molar-refractivity contribution in [2.45, 2.75) is 38.1 Å². The van der Waals surface area contributed by atoms with E-state index in [1.807, 2.05) is 19.1 Å². The van der Waals surface area contributed by atoms with Crippen LogP contribution in [0.5, 0.6) is 0 Å². The van der Waals surface area contributed by atoms with Gasteiger partial charge in [-0.25, -0.2) is 4.39 Å². The molecule has 2 aliphatic rings. The van der Waals surface area contributed by atoms with E-state index >= 15 is 0 Å². The van der Waals surface area contributed by atoms with Crippen LogP contribution < -0.4 is 16.0 Å². The van der Waals surface area contributed by atoms with E-state index in [2.05, 4.69) is 20.9 Å². The molecule has 2 fully saturated rings. The highest BCUT2D eigenvalue weighted by molar-refractivity contribution is 14.0. The first-order valence-corrected chi connectivity index (χ1v) is 8.76. The van der Waals surface area contributed by atoms with Crippen LogP contribution in [0.25, 0.3) is 0 Å². The molecule has 1 amide bonds. The number of aliphatic imine (C=N–C) groups is 1. The van der Waals surface area contributed by atoms with E-state index in [1.165, 1.54) is 6.07 Å². The summed E-state index contributed by atoms with van der Waals surface area (Å²) < 4.78 is 13.8. The second kappa shape index (κ2) is 9.35. The fraction of sp³-hybridized carbons (Fsp3) is 0.556. The number of nitrogens with zero attached hydrogens (tertiary/aromatic N) is 1. The lowest BCUT2D eigenvalue weighted by Gasteiger charge is -2.11. The Labute approximate surface area is 165 Å². The molecule has 5 nitrogen and oxygen atoms in total. The Morgan fingerprint density at radius 3 is 2.72 bits per heavy atom. The summed E-state index contributed by atoms with van der Waals surface area (Å²) in [5.74, 6) is 1.15. The normalized spacial score (nSPS) is 21.9. The minimum atomic E-state index is -0.142. The highest BCUT2D eigenvalue weighted by Crippen LogP contribution is 2.41. The van der Waals surface area contributed by atoms with Crippen molar-refractivity contribution in [3.05, 3.63) is 35.6 Å². The number of hydrogen-bond donors (Lipinski definition) is 3. The third kappa shape index (κ3) is 5.83. The Kier molecular flexibility index (Phi) is 7.46. The summed E-state index contributed by atoms with van der Waals surface area (Å²) in [4.78, 5) is 16.1. The Morgan fingerprint density at radius 1 is 1.28 bits per heavy atom. The van der Waals surface area contributed by atoms with Crippen molar-refractivity contribution < 1.29 is 9.18 Å². The molecule has 25 heavy (non-hydrogen) atoms. The van der Waals surface area contributed by atoms with E-state index in [9.17, 15) is 9.18 Å². The molecule has 0 radical (unpaired) electrons. The summed E-state index contributed by atoms with van der Waals surface area (Å²) in [5, 5.41) is 9.45. The van der Waals surface area contributed by atoms with Gasteiger partial charge in [0.1, 0.15) is 5.82 Å². The van der Waals surface area contributed by atoms with Crippen LogP contribution in [0.15, 0.2) is 29.3 Å². The van der Waals surface area contributed by atoms with Gasteiger partial charge in [0, 0.05) is 31.0 Å². The molecule has 0 heterocycles. The molecular weight excluding hydrogens is 434 g/mol. The monoisotopic (exact) mass is 460 g/mol. The Balaban J connectivity index is 0.00000225. The molecule has 2 atom stereocenters. The van der Waals surface area contributed by atoms with Crippen LogP contribution in [0.4, 0.5) is 4.39 Å². The summed E-state index contributed by atoms with van der Waals surface area (Å²) in [7, 11) is 0. The van der Waals surface area contributed by atoms with E-state index in [0.717, 1.165) is 37.3 Å². The second-order valence-corrected chi connectivity index (χ2v) is 6.44. The van der Waals surface area contributed by atoms with E-state index in [4.69, 9.17) is 0 Å². The number of carbonyl (C=O) groups is 1. The second-order valence-electron chi connectivity index (χ2n) is 6.44. The number of amides is 1. The molecular formula is C18H26FIN4O. The molecule has 3 N–H and O–H groups in total. The van der Waals surface area contributed by atoms with E-state index in [-0.39, 0.29) is 53.6 Å². The number of guanidine groups is 1. The van der Waals surface area contributed by atoms with Gasteiger partial charge in [-0.15, -0.1) is 24.0 Å². The summed E-state index contributed by atoms with van der Waals surface area (Å²) in [6.45, 7) is 3.85. The number of benzene rings is 1. The van der Waals surface area contributed by atoms with Crippen LogP contribution in [0.1, 0.15) is 37.7 Å². The van der Waals surface area contributed by atoms with Crippen LogP contribution in [0.3, 0.4) is 0 Å². The SMILES string of the molecule is CCNC(=NCCNC(=O)C1CC1)NC1CC1c1ccccc1F.I. The molecule has 2 aliphatic carbocycles. The van der Waals surface area contributed by atoms with Gasteiger partial charge in [0.15, 0.2) is 5.96 Å². The molecule has 0 aromatic heterocycles. The van der Waals surface area contributed by atoms with E-state index < -0.39 is 0 Å².